The summed E-state index contributed by atoms with van der Waals surface area (Å²) in [5.74, 6) is -1.67. The third-order valence-corrected chi connectivity index (χ3v) is 3.31. The van der Waals surface area contributed by atoms with Gasteiger partial charge in [0.2, 0.25) is 0 Å². The molecular formula is C14H15F4NO2. The van der Waals surface area contributed by atoms with Gasteiger partial charge in [0.15, 0.2) is 0 Å². The lowest BCUT2D eigenvalue weighted by Gasteiger charge is -2.22. The maximum Gasteiger partial charge on any atom is 0.416 e. The Kier molecular flexibility index (Phi) is 4.51. The summed E-state index contributed by atoms with van der Waals surface area (Å²) in [6, 6.07) is 1.83. The van der Waals surface area contributed by atoms with E-state index in [1.807, 2.05) is 0 Å². The van der Waals surface area contributed by atoms with Gasteiger partial charge in [-0.3, -0.25) is 4.79 Å². The smallest absolute Gasteiger partial charge is 0.383 e. The molecule has 7 heteroatoms. The topological polar surface area (TPSA) is 29.5 Å². The lowest BCUT2D eigenvalue weighted by atomic mass is 10.1. The minimum Gasteiger partial charge on any atom is -0.383 e. The van der Waals surface area contributed by atoms with Gasteiger partial charge in [0.1, 0.15) is 5.82 Å². The fourth-order valence-corrected chi connectivity index (χ4v) is 2.05. The van der Waals surface area contributed by atoms with Crippen LogP contribution in [0.25, 0.3) is 0 Å². The van der Waals surface area contributed by atoms with Gasteiger partial charge in [-0.1, -0.05) is 0 Å². The molecule has 21 heavy (non-hydrogen) atoms. The Labute approximate surface area is 119 Å². The molecule has 0 saturated heterocycles. The highest BCUT2D eigenvalue weighted by Gasteiger charge is 2.36. The van der Waals surface area contributed by atoms with Crippen LogP contribution >= 0.6 is 0 Å². The Bertz CT molecular complexity index is 526. The molecule has 1 aromatic rings. The molecule has 0 aromatic heterocycles. The predicted molar refractivity (Wildman–Crippen MR) is 67.3 cm³/mol. The average Bonchev–Trinajstić information content (AvgIpc) is 3.22. The molecule has 2 rings (SSSR count). The quantitative estimate of drug-likeness (QED) is 0.782. The van der Waals surface area contributed by atoms with Crippen molar-refractivity contribution in [3.8, 4) is 0 Å². The van der Waals surface area contributed by atoms with Crippen molar-refractivity contribution in [2.45, 2.75) is 25.1 Å². The van der Waals surface area contributed by atoms with Crippen molar-refractivity contribution in [1.29, 1.82) is 0 Å². The standard InChI is InChI=1S/C14H15F4NO2/c1-21-7-6-19(10-3-4-10)13(20)11-8-9(14(16,17)18)2-5-12(11)15/h2,5,8,10H,3-4,6-7H2,1H3. The molecule has 1 aliphatic carbocycles. The van der Waals surface area contributed by atoms with Gasteiger partial charge >= 0.3 is 6.18 Å². The summed E-state index contributed by atoms with van der Waals surface area (Å²) in [6.07, 6.45) is -3.06. The number of nitrogens with zero attached hydrogens (tertiary/aromatic N) is 1. The second-order valence-corrected chi connectivity index (χ2v) is 4.91. The van der Waals surface area contributed by atoms with Crippen LogP contribution in [-0.2, 0) is 10.9 Å². The third kappa shape index (κ3) is 3.72. The fourth-order valence-electron chi connectivity index (χ4n) is 2.05. The first-order valence-electron chi connectivity index (χ1n) is 6.51. The van der Waals surface area contributed by atoms with Crippen LogP contribution in [0.5, 0.6) is 0 Å². The highest BCUT2D eigenvalue weighted by molar-refractivity contribution is 5.95. The number of alkyl halides is 3. The summed E-state index contributed by atoms with van der Waals surface area (Å²) < 4.78 is 56.6. The van der Waals surface area contributed by atoms with E-state index >= 15 is 0 Å². The average molecular weight is 305 g/mol. The van der Waals surface area contributed by atoms with E-state index in [0.29, 0.717) is 18.2 Å². The number of carbonyl (C=O) groups excluding carboxylic acids is 1. The van der Waals surface area contributed by atoms with Crippen LogP contribution in [-0.4, -0.2) is 37.1 Å². The number of amides is 1. The summed E-state index contributed by atoms with van der Waals surface area (Å²) in [5, 5.41) is 0. The monoisotopic (exact) mass is 305 g/mol. The van der Waals surface area contributed by atoms with Gasteiger partial charge in [0.25, 0.3) is 5.91 Å². The lowest BCUT2D eigenvalue weighted by Crippen LogP contribution is -2.36. The molecule has 0 unspecified atom stereocenters. The third-order valence-electron chi connectivity index (χ3n) is 3.31. The molecule has 0 radical (unpaired) electrons. The summed E-state index contributed by atoms with van der Waals surface area (Å²) in [6.45, 7) is 0.485. The zero-order valence-electron chi connectivity index (χ0n) is 11.4. The Morgan fingerprint density at radius 1 is 1.38 bits per heavy atom. The molecule has 1 amide bonds. The molecule has 116 valence electrons. The normalized spacial score (nSPS) is 15.1. The molecule has 0 spiro atoms. The second-order valence-electron chi connectivity index (χ2n) is 4.91. The Hall–Kier alpha value is -1.63. The minimum absolute atomic E-state index is 0.0402. The number of ether oxygens (including phenoxy) is 1. The first-order chi connectivity index (χ1) is 9.84. The molecule has 0 atom stereocenters. The van der Waals surface area contributed by atoms with Crippen LogP contribution in [0.1, 0.15) is 28.8 Å². The van der Waals surface area contributed by atoms with E-state index < -0.39 is 29.0 Å². The Morgan fingerprint density at radius 2 is 2.05 bits per heavy atom. The van der Waals surface area contributed by atoms with E-state index in [2.05, 4.69) is 0 Å². The fraction of sp³-hybridized carbons (Fsp3) is 0.500. The first kappa shape index (κ1) is 15.8. The summed E-state index contributed by atoms with van der Waals surface area (Å²) in [7, 11) is 1.46. The van der Waals surface area contributed by atoms with Gasteiger partial charge in [-0.2, -0.15) is 13.2 Å². The zero-order valence-corrected chi connectivity index (χ0v) is 11.4. The summed E-state index contributed by atoms with van der Waals surface area (Å²) >= 11 is 0. The van der Waals surface area contributed by atoms with E-state index in [1.165, 1.54) is 12.0 Å². The molecule has 1 aromatic carbocycles. The van der Waals surface area contributed by atoms with Crippen molar-refractivity contribution in [1.82, 2.24) is 4.90 Å². The van der Waals surface area contributed by atoms with Gasteiger partial charge in [-0.25, -0.2) is 4.39 Å². The number of halogens is 4. The Morgan fingerprint density at radius 3 is 2.57 bits per heavy atom. The van der Waals surface area contributed by atoms with Gasteiger partial charge in [0.05, 0.1) is 17.7 Å². The molecule has 0 bridgehead atoms. The number of hydrogen-bond acceptors (Lipinski definition) is 2. The number of methoxy groups -OCH3 is 1. The molecule has 1 saturated carbocycles. The number of rotatable bonds is 5. The van der Waals surface area contributed by atoms with Crippen LogP contribution < -0.4 is 0 Å². The number of carbonyl (C=O) groups is 1. The SMILES string of the molecule is COCCN(C(=O)c1cc(C(F)(F)F)ccc1F)C1CC1. The van der Waals surface area contributed by atoms with Crippen molar-refractivity contribution in [2.75, 3.05) is 20.3 Å². The van der Waals surface area contributed by atoms with Crippen LogP contribution in [0.2, 0.25) is 0 Å². The maximum absolute atomic E-state index is 13.7. The minimum atomic E-state index is -4.61. The van der Waals surface area contributed by atoms with Gasteiger partial charge < -0.3 is 9.64 Å². The highest BCUT2D eigenvalue weighted by atomic mass is 19.4. The molecule has 0 aliphatic heterocycles. The van der Waals surface area contributed by atoms with Crippen molar-refractivity contribution >= 4 is 5.91 Å². The van der Waals surface area contributed by atoms with E-state index in [1.54, 1.807) is 0 Å². The first-order valence-corrected chi connectivity index (χ1v) is 6.51. The van der Waals surface area contributed by atoms with Crippen LogP contribution in [0, 0.1) is 5.82 Å². The van der Waals surface area contributed by atoms with E-state index in [4.69, 9.17) is 4.74 Å². The van der Waals surface area contributed by atoms with E-state index in [-0.39, 0.29) is 19.2 Å². The van der Waals surface area contributed by atoms with Crippen molar-refractivity contribution in [2.24, 2.45) is 0 Å². The maximum atomic E-state index is 13.7. The summed E-state index contributed by atoms with van der Waals surface area (Å²) in [5.41, 5.74) is -1.58. The summed E-state index contributed by atoms with van der Waals surface area (Å²) in [4.78, 5) is 13.7. The van der Waals surface area contributed by atoms with Crippen LogP contribution in [0.3, 0.4) is 0 Å². The second kappa shape index (κ2) is 6.01. The van der Waals surface area contributed by atoms with Crippen LogP contribution in [0.4, 0.5) is 17.6 Å². The van der Waals surface area contributed by atoms with Crippen LogP contribution in [0.15, 0.2) is 18.2 Å². The Balaban J connectivity index is 2.28. The van der Waals surface area contributed by atoms with Crippen molar-refractivity contribution in [3.05, 3.63) is 35.1 Å². The molecule has 0 N–H and O–H groups in total. The molecule has 1 aliphatic rings. The molecule has 3 nitrogen and oxygen atoms in total. The highest BCUT2D eigenvalue weighted by Crippen LogP contribution is 2.32. The van der Waals surface area contributed by atoms with E-state index in [9.17, 15) is 22.4 Å². The van der Waals surface area contributed by atoms with Gasteiger partial charge in [0, 0.05) is 19.7 Å². The van der Waals surface area contributed by atoms with Crippen molar-refractivity contribution in [3.63, 3.8) is 0 Å². The number of hydrogen-bond donors (Lipinski definition) is 0. The van der Waals surface area contributed by atoms with Gasteiger partial charge in [-0.15, -0.1) is 0 Å². The predicted octanol–water partition coefficient (Wildman–Crippen LogP) is 3.10. The molecular weight excluding hydrogens is 290 g/mol. The lowest BCUT2D eigenvalue weighted by molar-refractivity contribution is -0.137. The molecule has 0 heterocycles. The number of benzene rings is 1. The zero-order chi connectivity index (χ0) is 15.6. The van der Waals surface area contributed by atoms with Gasteiger partial charge in [-0.05, 0) is 31.0 Å². The largest absolute Gasteiger partial charge is 0.416 e. The molecule has 1 fully saturated rings. The van der Waals surface area contributed by atoms with Crippen molar-refractivity contribution < 1.29 is 27.1 Å². The van der Waals surface area contributed by atoms with E-state index in [0.717, 1.165) is 12.8 Å².